The van der Waals surface area contributed by atoms with Crippen LogP contribution in [0, 0.1) is 0 Å². The number of hydrogen-bond acceptors (Lipinski definition) is 4. The largest absolute Gasteiger partial charge is 0.461 e. The van der Waals surface area contributed by atoms with Crippen molar-refractivity contribution in [2.45, 2.75) is 19.4 Å². The highest BCUT2D eigenvalue weighted by Crippen LogP contribution is 2.25. The molecule has 0 saturated carbocycles. The molecule has 2 aromatic rings. The first-order chi connectivity index (χ1) is 10.2. The molecule has 1 fully saturated rings. The second kappa shape index (κ2) is 5.95. The maximum absolute atomic E-state index is 5.88. The molecule has 1 unspecified atom stereocenters. The Kier molecular flexibility index (Phi) is 4.03. The molecule has 21 heavy (non-hydrogen) atoms. The van der Waals surface area contributed by atoms with Crippen LogP contribution < -0.4 is 0 Å². The van der Waals surface area contributed by atoms with Crippen LogP contribution in [0.5, 0.6) is 0 Å². The molecule has 1 atom stereocenters. The third-order valence-corrected chi connectivity index (χ3v) is 4.23. The van der Waals surface area contributed by atoms with Crippen molar-refractivity contribution in [3.63, 3.8) is 0 Å². The minimum atomic E-state index is -0.206. The number of hydrogen-bond donors (Lipinski definition) is 0. The van der Waals surface area contributed by atoms with Gasteiger partial charge in [0.05, 0.1) is 0 Å². The smallest absolute Gasteiger partial charge is 0.265 e. The molecule has 1 aliphatic rings. The van der Waals surface area contributed by atoms with Crippen LogP contribution in [-0.2, 0) is 11.2 Å². The maximum Gasteiger partial charge on any atom is 0.265 e. The number of benzene rings is 1. The standard InChI is InChI=1S/C16H15NO2S2/c1-2-17-15(20)14(19-16(17)21)10-12-8-9-13(18-12)11-6-4-3-5-7-11/h3-9,14H,2,10H2,1H3. The van der Waals surface area contributed by atoms with E-state index in [1.807, 2.05) is 54.3 Å². The van der Waals surface area contributed by atoms with Gasteiger partial charge in [0.1, 0.15) is 16.5 Å². The van der Waals surface area contributed by atoms with Gasteiger partial charge in [-0.25, -0.2) is 0 Å². The summed E-state index contributed by atoms with van der Waals surface area (Å²) in [5.41, 5.74) is 1.06. The van der Waals surface area contributed by atoms with E-state index >= 15 is 0 Å². The number of ether oxygens (including phenoxy) is 1. The maximum atomic E-state index is 5.88. The van der Waals surface area contributed by atoms with Crippen LogP contribution in [0.1, 0.15) is 12.7 Å². The van der Waals surface area contributed by atoms with Crippen molar-refractivity contribution in [3.8, 4) is 11.3 Å². The van der Waals surface area contributed by atoms with E-state index in [0.717, 1.165) is 28.6 Å². The van der Waals surface area contributed by atoms with E-state index in [9.17, 15) is 0 Å². The molecule has 0 bridgehead atoms. The zero-order valence-corrected chi connectivity index (χ0v) is 13.2. The van der Waals surface area contributed by atoms with Crippen LogP contribution in [-0.4, -0.2) is 27.7 Å². The minimum absolute atomic E-state index is 0.206. The Morgan fingerprint density at radius 1 is 1.10 bits per heavy atom. The van der Waals surface area contributed by atoms with Crippen LogP contribution in [0.3, 0.4) is 0 Å². The van der Waals surface area contributed by atoms with E-state index in [0.29, 0.717) is 11.6 Å². The molecule has 1 aromatic heterocycles. The van der Waals surface area contributed by atoms with Gasteiger partial charge in [-0.3, -0.25) is 4.90 Å². The zero-order valence-electron chi connectivity index (χ0n) is 11.6. The summed E-state index contributed by atoms with van der Waals surface area (Å²) >= 11 is 10.6. The fourth-order valence-electron chi connectivity index (χ4n) is 2.34. The Bertz CT molecular complexity index is 666. The molecule has 108 valence electrons. The molecule has 1 aromatic carbocycles. The normalized spacial score (nSPS) is 18.1. The molecule has 0 spiro atoms. The van der Waals surface area contributed by atoms with Gasteiger partial charge in [-0.2, -0.15) is 0 Å². The van der Waals surface area contributed by atoms with Gasteiger partial charge in [0.25, 0.3) is 5.17 Å². The lowest BCUT2D eigenvalue weighted by molar-refractivity contribution is 0.262. The van der Waals surface area contributed by atoms with Gasteiger partial charge in [-0.1, -0.05) is 42.5 Å². The predicted octanol–water partition coefficient (Wildman–Crippen LogP) is 3.82. The number of furan rings is 1. The highest BCUT2D eigenvalue weighted by atomic mass is 32.1. The second-order valence-corrected chi connectivity index (χ2v) is 5.56. The summed E-state index contributed by atoms with van der Waals surface area (Å²) in [6.45, 7) is 2.74. The fraction of sp³-hybridized carbons (Fsp3) is 0.250. The third-order valence-electron chi connectivity index (χ3n) is 3.43. The summed E-state index contributed by atoms with van der Waals surface area (Å²) in [6.07, 6.45) is 0.393. The van der Waals surface area contributed by atoms with Crippen molar-refractivity contribution in [2.24, 2.45) is 0 Å². The van der Waals surface area contributed by atoms with E-state index < -0.39 is 0 Å². The highest BCUT2D eigenvalue weighted by Gasteiger charge is 2.33. The lowest BCUT2D eigenvalue weighted by Crippen LogP contribution is -2.30. The van der Waals surface area contributed by atoms with Gasteiger partial charge in [0, 0.05) is 18.5 Å². The number of rotatable bonds is 4. The highest BCUT2D eigenvalue weighted by molar-refractivity contribution is 7.82. The summed E-state index contributed by atoms with van der Waals surface area (Å²) in [5.74, 6) is 1.70. The Hall–Kier alpha value is -1.72. The SMILES string of the molecule is CCN1C(=S)OC(Cc2ccc(-c3ccccc3)o2)C1=S. The van der Waals surface area contributed by atoms with Gasteiger partial charge in [0.15, 0.2) is 6.10 Å². The molecular formula is C16H15NO2S2. The average Bonchev–Trinajstić information content (AvgIpc) is 3.06. The molecule has 1 saturated heterocycles. The van der Waals surface area contributed by atoms with Gasteiger partial charge in [-0.05, 0) is 31.3 Å². The number of nitrogens with zero attached hydrogens (tertiary/aromatic N) is 1. The van der Waals surface area contributed by atoms with Gasteiger partial charge >= 0.3 is 0 Å². The van der Waals surface area contributed by atoms with Crippen LogP contribution >= 0.6 is 24.4 Å². The van der Waals surface area contributed by atoms with Crippen molar-refractivity contribution in [3.05, 3.63) is 48.2 Å². The third kappa shape index (κ3) is 2.84. The predicted molar refractivity (Wildman–Crippen MR) is 90.3 cm³/mol. The van der Waals surface area contributed by atoms with E-state index in [1.165, 1.54) is 0 Å². The molecule has 1 aliphatic heterocycles. The Labute approximate surface area is 134 Å². The molecular weight excluding hydrogens is 302 g/mol. The first-order valence-corrected chi connectivity index (χ1v) is 7.67. The Morgan fingerprint density at radius 3 is 2.52 bits per heavy atom. The Balaban J connectivity index is 1.74. The topological polar surface area (TPSA) is 25.6 Å². The van der Waals surface area contributed by atoms with Crippen molar-refractivity contribution in [2.75, 3.05) is 6.54 Å². The fourth-order valence-corrected chi connectivity index (χ4v) is 3.09. The Morgan fingerprint density at radius 2 is 1.86 bits per heavy atom. The molecule has 0 aliphatic carbocycles. The lowest BCUT2D eigenvalue weighted by Gasteiger charge is -2.11. The van der Waals surface area contributed by atoms with Crippen molar-refractivity contribution in [1.29, 1.82) is 0 Å². The average molecular weight is 317 g/mol. The number of likely N-dealkylation sites (N-methyl/N-ethyl adjacent to an activating group) is 1. The van der Waals surface area contributed by atoms with E-state index in [1.54, 1.807) is 0 Å². The first kappa shape index (κ1) is 14.2. The second-order valence-electron chi connectivity index (χ2n) is 4.79. The lowest BCUT2D eigenvalue weighted by atomic mass is 10.2. The van der Waals surface area contributed by atoms with Gasteiger partial charge < -0.3 is 9.15 Å². The summed E-state index contributed by atoms with van der Waals surface area (Å²) in [6, 6.07) is 13.9. The minimum Gasteiger partial charge on any atom is -0.461 e. The van der Waals surface area contributed by atoms with E-state index in [2.05, 4.69) is 0 Å². The van der Waals surface area contributed by atoms with Crippen LogP contribution in [0.25, 0.3) is 11.3 Å². The molecule has 0 radical (unpaired) electrons. The van der Waals surface area contributed by atoms with E-state index in [4.69, 9.17) is 33.6 Å². The van der Waals surface area contributed by atoms with Crippen LogP contribution in [0.15, 0.2) is 46.9 Å². The summed E-state index contributed by atoms with van der Waals surface area (Å²) in [4.78, 5) is 2.58. The quantitative estimate of drug-likeness (QED) is 0.799. The summed E-state index contributed by atoms with van der Waals surface area (Å²) in [7, 11) is 0. The van der Waals surface area contributed by atoms with Crippen LogP contribution in [0.4, 0.5) is 0 Å². The van der Waals surface area contributed by atoms with Crippen molar-refractivity contribution >= 4 is 34.6 Å². The molecule has 0 amide bonds. The number of thiocarbonyl (C=S) groups is 2. The molecule has 3 rings (SSSR count). The first-order valence-electron chi connectivity index (χ1n) is 6.85. The molecule has 2 heterocycles. The van der Waals surface area contributed by atoms with Crippen LogP contribution in [0.2, 0.25) is 0 Å². The van der Waals surface area contributed by atoms with Crippen molar-refractivity contribution in [1.82, 2.24) is 4.90 Å². The van der Waals surface area contributed by atoms with Crippen molar-refractivity contribution < 1.29 is 9.15 Å². The molecule has 0 N–H and O–H groups in total. The van der Waals surface area contributed by atoms with Gasteiger partial charge in [-0.15, -0.1) is 0 Å². The summed E-state index contributed by atoms with van der Waals surface area (Å²) < 4.78 is 11.5. The molecule has 3 nitrogen and oxygen atoms in total. The monoisotopic (exact) mass is 317 g/mol. The summed E-state index contributed by atoms with van der Waals surface area (Å²) in [5, 5.41) is 0.460. The zero-order chi connectivity index (χ0) is 14.8. The molecule has 5 heteroatoms. The van der Waals surface area contributed by atoms with Gasteiger partial charge in [0.2, 0.25) is 0 Å². The van der Waals surface area contributed by atoms with E-state index in [-0.39, 0.29) is 6.10 Å².